The summed E-state index contributed by atoms with van der Waals surface area (Å²) in [5.74, 6) is 4.50. The van der Waals surface area contributed by atoms with E-state index in [1.165, 1.54) is 30.4 Å². The van der Waals surface area contributed by atoms with Crippen molar-refractivity contribution in [2.24, 2.45) is 0 Å². The summed E-state index contributed by atoms with van der Waals surface area (Å²) in [5.41, 5.74) is 5.18. The van der Waals surface area contributed by atoms with Gasteiger partial charge in [-0.2, -0.15) is 0 Å². The predicted octanol–water partition coefficient (Wildman–Crippen LogP) is 5.41. The standard InChI is InChI=1S/C17H13P.5CO.W/c1-3-7-14(8-4-1)16-11-17(13-18-12-16)15-9-5-2-6-10-15;5*1-2;/h1-13H;;;;;;. The van der Waals surface area contributed by atoms with Gasteiger partial charge >= 0.3 is 56.5 Å². The van der Waals surface area contributed by atoms with E-state index in [1.807, 2.05) is 0 Å². The Bertz CT molecular complexity index is 767. The second-order valence-corrected chi connectivity index (χ2v) is 5.01. The van der Waals surface area contributed by atoms with E-state index in [0.717, 1.165) is 0 Å². The van der Waals surface area contributed by atoms with Crippen LogP contribution in [0.2, 0.25) is 0 Å². The van der Waals surface area contributed by atoms with Gasteiger partial charge in [0.1, 0.15) is 0 Å². The molecule has 0 bridgehead atoms. The Labute approximate surface area is 186 Å². The molecule has 0 saturated heterocycles. The second-order valence-electron chi connectivity index (χ2n) is 4.19. The van der Waals surface area contributed by atoms with Gasteiger partial charge in [-0.1, -0.05) is 68.9 Å². The maximum Gasteiger partial charge on any atom is 0 e. The molecular weight excluding hydrogens is 559 g/mol. The molecule has 0 saturated carbocycles. The quantitative estimate of drug-likeness (QED) is 0.290. The molecule has 0 aliphatic heterocycles. The molecule has 0 aliphatic rings. The summed E-state index contributed by atoms with van der Waals surface area (Å²) in [6.07, 6.45) is 0. The summed E-state index contributed by atoms with van der Waals surface area (Å²) >= 11 is 0. The summed E-state index contributed by atoms with van der Waals surface area (Å²) in [6.45, 7) is 22.5. The van der Waals surface area contributed by atoms with E-state index in [-0.39, 0.29) is 21.1 Å². The van der Waals surface area contributed by atoms with Gasteiger partial charge in [-0.15, -0.1) is 0 Å². The normalized spacial score (nSPS) is 6.69. The molecule has 3 rings (SSSR count). The van der Waals surface area contributed by atoms with Crippen molar-refractivity contribution in [3.8, 4) is 22.3 Å². The van der Waals surface area contributed by atoms with Gasteiger partial charge in [-0.3, -0.25) is 0 Å². The monoisotopic (exact) mass is 572 g/mol. The van der Waals surface area contributed by atoms with Gasteiger partial charge < -0.3 is 0 Å². The third-order valence-corrected chi connectivity index (χ3v) is 3.81. The molecule has 142 valence electrons. The summed E-state index contributed by atoms with van der Waals surface area (Å²) in [7, 11) is 1.25. The summed E-state index contributed by atoms with van der Waals surface area (Å²) in [6, 6.07) is 23.3. The first-order valence-electron chi connectivity index (χ1n) is 7.01. The SMILES string of the molecule is [C-]#[O+].[C-]#[O+].[C-]#[O+].[C-]#[O+].[C-]#[O+].[W].c1ccc(-c2cpcc(-c3ccccc3)c2)cc1. The average Bonchev–Trinajstić information content (AvgIpc) is 2.86. The molecule has 0 N–H and O–H groups in total. The smallest absolute Gasteiger partial charge is 0 e. The molecule has 0 unspecified atom stereocenters. The Morgan fingerprint density at radius 3 is 1.00 bits per heavy atom. The van der Waals surface area contributed by atoms with Crippen molar-refractivity contribution in [1.82, 2.24) is 0 Å². The van der Waals surface area contributed by atoms with Gasteiger partial charge in [0.25, 0.3) is 0 Å². The van der Waals surface area contributed by atoms with E-state index in [9.17, 15) is 0 Å². The van der Waals surface area contributed by atoms with E-state index in [4.69, 9.17) is 23.3 Å². The van der Waals surface area contributed by atoms with Crippen molar-refractivity contribution in [1.29, 1.82) is 0 Å². The molecule has 5 nitrogen and oxygen atoms in total. The van der Waals surface area contributed by atoms with E-state index in [1.54, 1.807) is 0 Å². The maximum absolute atomic E-state index is 7.50. The molecule has 29 heavy (non-hydrogen) atoms. The van der Waals surface area contributed by atoms with Crippen LogP contribution in [0.3, 0.4) is 0 Å². The van der Waals surface area contributed by atoms with Crippen molar-refractivity contribution in [3.63, 3.8) is 0 Å². The largest absolute Gasteiger partial charge is 0.0752 e. The van der Waals surface area contributed by atoms with Gasteiger partial charge in [0.2, 0.25) is 0 Å². The summed E-state index contributed by atoms with van der Waals surface area (Å²) in [4.78, 5) is 0. The van der Waals surface area contributed by atoms with Crippen molar-refractivity contribution >= 4 is 8.19 Å². The molecule has 0 aliphatic carbocycles. The zero-order valence-corrected chi connectivity index (χ0v) is 18.7. The molecule has 0 spiro atoms. The van der Waals surface area contributed by atoms with E-state index >= 15 is 0 Å². The minimum absolute atomic E-state index is 0. The molecule has 2 aromatic carbocycles. The molecule has 7 heteroatoms. The molecule has 1 aromatic heterocycles. The zero-order valence-electron chi connectivity index (χ0n) is 14.9. The van der Waals surface area contributed by atoms with Crippen LogP contribution in [0.25, 0.3) is 22.3 Å². The van der Waals surface area contributed by atoms with Crippen LogP contribution in [0.1, 0.15) is 0 Å². The van der Waals surface area contributed by atoms with Crippen molar-refractivity contribution in [3.05, 3.63) is 112 Å². The molecule has 3 aromatic rings. The second kappa shape index (κ2) is 27.7. The van der Waals surface area contributed by atoms with Gasteiger partial charge in [0, 0.05) is 21.1 Å². The Hall–Kier alpha value is -2.52. The van der Waals surface area contributed by atoms with Crippen LogP contribution in [0, 0.1) is 33.3 Å². The van der Waals surface area contributed by atoms with E-state index in [0.29, 0.717) is 0 Å². The van der Waals surface area contributed by atoms with Crippen molar-refractivity contribution in [2.45, 2.75) is 0 Å². The van der Waals surface area contributed by atoms with Gasteiger partial charge in [0.05, 0.1) is 0 Å². The van der Waals surface area contributed by atoms with Crippen LogP contribution in [-0.4, -0.2) is 0 Å². The first-order chi connectivity index (χ1) is 13.9. The first kappa shape index (κ1) is 34.0. The average molecular weight is 572 g/mol. The third kappa shape index (κ3) is 14.2. The molecule has 1 heterocycles. The van der Waals surface area contributed by atoms with Crippen LogP contribution < -0.4 is 0 Å². The summed E-state index contributed by atoms with van der Waals surface area (Å²) < 4.78 is 37.5. The number of hydrogen-bond donors (Lipinski definition) is 0. The zero-order chi connectivity index (χ0) is 22.2. The fourth-order valence-corrected chi connectivity index (χ4v) is 2.86. The van der Waals surface area contributed by atoms with Crippen LogP contribution in [0.15, 0.2) is 78.3 Å². The van der Waals surface area contributed by atoms with Gasteiger partial charge in [0.15, 0.2) is 0 Å². The van der Waals surface area contributed by atoms with E-state index in [2.05, 4.69) is 112 Å². The third-order valence-electron chi connectivity index (χ3n) is 2.95. The number of hydrogen-bond acceptors (Lipinski definition) is 0. The topological polar surface area (TPSA) is 99.5 Å². The first-order valence-corrected chi connectivity index (χ1v) is 8.05. The number of rotatable bonds is 2. The molecule has 0 amide bonds. The molecule has 0 radical (unpaired) electrons. The Kier molecular flexibility index (Phi) is 32.5. The Morgan fingerprint density at radius 2 is 0.724 bits per heavy atom. The predicted molar refractivity (Wildman–Crippen MR) is 99.5 cm³/mol. The van der Waals surface area contributed by atoms with E-state index < -0.39 is 0 Å². The van der Waals surface area contributed by atoms with Gasteiger partial charge in [-0.25, -0.2) is 0 Å². The Balaban J connectivity index is -0.000000250. The molecular formula is C22H13O5PW. The number of benzene rings is 2. The fraction of sp³-hybridized carbons (Fsp3) is 0. The maximum atomic E-state index is 7.50. The van der Waals surface area contributed by atoms with Gasteiger partial charge in [-0.05, 0) is 39.9 Å². The molecule has 0 atom stereocenters. The van der Waals surface area contributed by atoms with Crippen molar-refractivity contribution in [2.75, 3.05) is 0 Å². The van der Waals surface area contributed by atoms with Crippen LogP contribution in [0.4, 0.5) is 0 Å². The van der Waals surface area contributed by atoms with Crippen LogP contribution in [-0.2, 0) is 44.3 Å². The van der Waals surface area contributed by atoms with Crippen molar-refractivity contribution < 1.29 is 44.3 Å². The summed E-state index contributed by atoms with van der Waals surface area (Å²) in [5, 5.41) is 0. The Morgan fingerprint density at radius 1 is 0.448 bits per heavy atom. The minimum atomic E-state index is 0. The van der Waals surface area contributed by atoms with Crippen LogP contribution in [0.5, 0.6) is 0 Å². The fourth-order valence-electron chi connectivity index (χ4n) is 2.02. The molecule has 0 fully saturated rings. The van der Waals surface area contributed by atoms with Crippen LogP contribution >= 0.6 is 8.19 Å². The minimum Gasteiger partial charge on any atom is -0.0752 e.